The highest BCUT2D eigenvalue weighted by Crippen LogP contribution is 2.30. The number of nitrogens with one attached hydrogen (secondary N) is 1. The van der Waals surface area contributed by atoms with E-state index in [-0.39, 0.29) is 17.7 Å². The first-order valence-electron chi connectivity index (χ1n) is 12.5. The molecule has 1 saturated carbocycles. The highest BCUT2D eigenvalue weighted by Gasteiger charge is 2.29. The topological polar surface area (TPSA) is 123 Å². The van der Waals surface area contributed by atoms with Crippen molar-refractivity contribution in [1.29, 1.82) is 0 Å². The minimum atomic E-state index is -0.741. The molecule has 0 saturated heterocycles. The summed E-state index contributed by atoms with van der Waals surface area (Å²) in [5.41, 5.74) is 8.97. The maximum absolute atomic E-state index is 12.5. The lowest BCUT2D eigenvalue weighted by molar-refractivity contribution is -0.144. The Morgan fingerprint density at radius 1 is 1.09 bits per heavy atom. The largest absolute Gasteiger partial charge is 0.481 e. The van der Waals surface area contributed by atoms with Gasteiger partial charge in [-0.15, -0.1) is 0 Å². The number of unbranched alkanes of at least 4 members (excludes halogenated alkanes) is 2. The second-order valence-corrected chi connectivity index (χ2v) is 9.38. The van der Waals surface area contributed by atoms with Gasteiger partial charge in [-0.2, -0.15) is 0 Å². The van der Waals surface area contributed by atoms with Gasteiger partial charge in [0.05, 0.1) is 17.0 Å². The van der Waals surface area contributed by atoms with Crippen LogP contribution in [0.25, 0.3) is 21.9 Å². The maximum Gasteiger partial charge on any atom is 0.306 e. The number of anilines is 1. The number of carbonyl (C=O) groups is 2. The van der Waals surface area contributed by atoms with E-state index < -0.39 is 5.97 Å². The number of carboxylic acids is 1. The van der Waals surface area contributed by atoms with Gasteiger partial charge in [0.15, 0.2) is 5.82 Å². The Kier molecular flexibility index (Phi) is 7.65. The Hall–Kier alpha value is -3.16. The SMILES string of the molecule is CCCCc1nc2c(N)nc3ccccc3c2n1CCCCNC(=O)C1CCC(C(=O)O)CC1. The lowest BCUT2D eigenvalue weighted by Crippen LogP contribution is -2.34. The van der Waals surface area contributed by atoms with E-state index in [0.717, 1.165) is 66.4 Å². The van der Waals surface area contributed by atoms with Gasteiger partial charge in [0, 0.05) is 30.8 Å². The van der Waals surface area contributed by atoms with E-state index in [9.17, 15) is 9.59 Å². The van der Waals surface area contributed by atoms with Gasteiger partial charge in [-0.05, 0) is 51.0 Å². The predicted molar refractivity (Wildman–Crippen MR) is 133 cm³/mol. The van der Waals surface area contributed by atoms with Gasteiger partial charge in [-0.1, -0.05) is 31.5 Å². The van der Waals surface area contributed by atoms with Gasteiger partial charge < -0.3 is 20.7 Å². The summed E-state index contributed by atoms with van der Waals surface area (Å²) in [5.74, 6) is 0.475. The number of nitrogens with zero attached hydrogens (tertiary/aromatic N) is 3. The zero-order chi connectivity index (χ0) is 24.1. The van der Waals surface area contributed by atoms with E-state index in [0.29, 0.717) is 38.0 Å². The maximum atomic E-state index is 12.5. The molecule has 0 spiro atoms. The Bertz CT molecular complexity index is 1160. The van der Waals surface area contributed by atoms with Crippen LogP contribution in [0.4, 0.5) is 5.82 Å². The van der Waals surface area contributed by atoms with Gasteiger partial charge in [-0.25, -0.2) is 9.97 Å². The Morgan fingerprint density at radius 3 is 2.56 bits per heavy atom. The van der Waals surface area contributed by atoms with Crippen LogP contribution in [-0.4, -0.2) is 38.1 Å². The van der Waals surface area contributed by atoms with Crippen LogP contribution in [0.15, 0.2) is 24.3 Å². The number of hydrogen-bond donors (Lipinski definition) is 3. The molecule has 0 radical (unpaired) electrons. The third-order valence-electron chi connectivity index (χ3n) is 7.00. The number of rotatable bonds is 10. The van der Waals surface area contributed by atoms with Crippen LogP contribution >= 0.6 is 0 Å². The third-order valence-corrected chi connectivity index (χ3v) is 7.00. The number of aliphatic carboxylic acids is 1. The molecule has 1 amide bonds. The fraction of sp³-hybridized carbons (Fsp3) is 0.538. The monoisotopic (exact) mass is 465 g/mol. The number of para-hydroxylation sites is 1. The number of fused-ring (bicyclic) bond motifs is 3. The molecule has 1 aliphatic carbocycles. The minimum Gasteiger partial charge on any atom is -0.481 e. The van der Waals surface area contributed by atoms with E-state index in [2.05, 4.69) is 27.9 Å². The standard InChI is InChI=1S/C26H35N5O3/c1-2-3-10-21-30-22-23(19-8-4-5-9-20(19)29-24(22)27)31(21)16-7-6-15-28-25(32)17-11-13-18(14-12-17)26(33)34/h4-5,8-9,17-18H,2-3,6-7,10-16H2,1H3,(H2,27,29)(H,28,32)(H,33,34). The summed E-state index contributed by atoms with van der Waals surface area (Å²) in [6, 6.07) is 8.04. The average molecular weight is 466 g/mol. The van der Waals surface area contributed by atoms with Crippen molar-refractivity contribution in [3.8, 4) is 0 Å². The molecule has 2 aromatic heterocycles. The van der Waals surface area contributed by atoms with E-state index in [1.807, 2.05) is 18.2 Å². The first kappa shape index (κ1) is 24.0. The smallest absolute Gasteiger partial charge is 0.306 e. The molecule has 4 rings (SSSR count). The molecule has 0 bridgehead atoms. The number of aryl methyl sites for hydroxylation is 2. The molecule has 0 atom stereocenters. The molecule has 0 aliphatic heterocycles. The van der Waals surface area contributed by atoms with Crippen molar-refractivity contribution in [2.24, 2.45) is 11.8 Å². The number of nitrogen functional groups attached to an aromatic ring is 1. The van der Waals surface area contributed by atoms with Crippen LogP contribution < -0.4 is 11.1 Å². The predicted octanol–water partition coefficient (Wildman–Crippen LogP) is 4.30. The number of aromatic nitrogens is 3. The van der Waals surface area contributed by atoms with Crippen LogP contribution in [0.5, 0.6) is 0 Å². The van der Waals surface area contributed by atoms with Crippen molar-refractivity contribution in [2.45, 2.75) is 71.3 Å². The average Bonchev–Trinajstić information content (AvgIpc) is 3.21. The molecular weight excluding hydrogens is 430 g/mol. The number of amides is 1. The molecule has 182 valence electrons. The quantitative estimate of drug-likeness (QED) is 0.384. The zero-order valence-electron chi connectivity index (χ0n) is 19.9. The first-order chi connectivity index (χ1) is 16.5. The Balaban J connectivity index is 1.39. The Labute approximate surface area is 199 Å². The molecule has 0 unspecified atom stereocenters. The second-order valence-electron chi connectivity index (χ2n) is 9.38. The lowest BCUT2D eigenvalue weighted by Gasteiger charge is -2.25. The molecule has 1 aromatic carbocycles. The number of carboxylic acid groups (broad SMARTS) is 1. The summed E-state index contributed by atoms with van der Waals surface area (Å²) in [5, 5.41) is 13.3. The van der Waals surface area contributed by atoms with E-state index >= 15 is 0 Å². The van der Waals surface area contributed by atoms with Crippen molar-refractivity contribution in [3.05, 3.63) is 30.1 Å². The second kappa shape index (κ2) is 10.8. The van der Waals surface area contributed by atoms with Crippen LogP contribution in [0.1, 0.15) is 64.1 Å². The molecule has 4 N–H and O–H groups in total. The van der Waals surface area contributed by atoms with E-state index in [1.165, 1.54) is 0 Å². The number of benzene rings is 1. The summed E-state index contributed by atoms with van der Waals surface area (Å²) >= 11 is 0. The summed E-state index contributed by atoms with van der Waals surface area (Å²) in [4.78, 5) is 33.0. The molecule has 1 aliphatic rings. The fourth-order valence-electron chi connectivity index (χ4n) is 5.02. The number of pyridine rings is 1. The highest BCUT2D eigenvalue weighted by molar-refractivity contribution is 6.06. The zero-order valence-corrected chi connectivity index (χ0v) is 19.9. The van der Waals surface area contributed by atoms with Crippen LogP contribution in [0.3, 0.4) is 0 Å². The van der Waals surface area contributed by atoms with Crippen molar-refractivity contribution < 1.29 is 14.7 Å². The van der Waals surface area contributed by atoms with Crippen LogP contribution in [-0.2, 0) is 22.6 Å². The number of nitrogens with two attached hydrogens (primary N) is 1. The number of imidazole rings is 1. The summed E-state index contributed by atoms with van der Waals surface area (Å²) < 4.78 is 2.29. The van der Waals surface area contributed by atoms with Gasteiger partial charge in [-0.3, -0.25) is 9.59 Å². The molecule has 2 heterocycles. The fourth-order valence-corrected chi connectivity index (χ4v) is 5.02. The molecule has 34 heavy (non-hydrogen) atoms. The van der Waals surface area contributed by atoms with Crippen molar-refractivity contribution in [2.75, 3.05) is 12.3 Å². The van der Waals surface area contributed by atoms with Crippen LogP contribution in [0.2, 0.25) is 0 Å². The normalized spacial score (nSPS) is 18.4. The molecular formula is C26H35N5O3. The number of carbonyl (C=O) groups excluding carboxylic acids is 1. The molecule has 1 fully saturated rings. The molecule has 3 aromatic rings. The third kappa shape index (κ3) is 5.16. The summed E-state index contributed by atoms with van der Waals surface area (Å²) in [6.07, 6.45) is 7.33. The van der Waals surface area contributed by atoms with Gasteiger partial charge in [0.1, 0.15) is 11.3 Å². The van der Waals surface area contributed by atoms with E-state index in [4.69, 9.17) is 15.8 Å². The Morgan fingerprint density at radius 2 is 1.82 bits per heavy atom. The lowest BCUT2D eigenvalue weighted by atomic mass is 9.81. The van der Waals surface area contributed by atoms with Crippen molar-refractivity contribution in [1.82, 2.24) is 19.9 Å². The number of hydrogen-bond acceptors (Lipinski definition) is 5. The summed E-state index contributed by atoms with van der Waals surface area (Å²) in [7, 11) is 0. The molecule has 8 heteroatoms. The van der Waals surface area contributed by atoms with Gasteiger partial charge >= 0.3 is 5.97 Å². The van der Waals surface area contributed by atoms with Gasteiger partial charge in [0.25, 0.3) is 0 Å². The highest BCUT2D eigenvalue weighted by atomic mass is 16.4. The first-order valence-corrected chi connectivity index (χ1v) is 12.5. The molecule has 8 nitrogen and oxygen atoms in total. The van der Waals surface area contributed by atoms with Crippen molar-refractivity contribution in [3.63, 3.8) is 0 Å². The summed E-state index contributed by atoms with van der Waals surface area (Å²) in [6.45, 7) is 3.61. The van der Waals surface area contributed by atoms with Crippen LogP contribution in [0, 0.1) is 11.8 Å². The minimum absolute atomic E-state index is 0.0596. The van der Waals surface area contributed by atoms with Gasteiger partial charge in [0.2, 0.25) is 5.91 Å². The van der Waals surface area contributed by atoms with Crippen molar-refractivity contribution >= 4 is 39.6 Å². The van der Waals surface area contributed by atoms with E-state index in [1.54, 1.807) is 0 Å².